The van der Waals surface area contributed by atoms with Gasteiger partial charge in [0.1, 0.15) is 0 Å². The van der Waals surface area contributed by atoms with Gasteiger partial charge < -0.3 is 15.5 Å². The number of hydrogen-bond donors (Lipinski definition) is 3. The smallest absolute Gasteiger partial charge is 0.217 e. The molecule has 0 unspecified atom stereocenters. The van der Waals surface area contributed by atoms with E-state index in [4.69, 9.17) is 0 Å². The number of amides is 1. The van der Waals surface area contributed by atoms with Crippen molar-refractivity contribution in [2.45, 2.75) is 12.7 Å². The fourth-order valence-electron chi connectivity index (χ4n) is 1.05. The largest absolute Gasteiger partial charge is 0.361 e. The second-order valence-electron chi connectivity index (χ2n) is 3.09. The standard InChI is InChI=1S/C10H13NO3/c1-8(12)11-7-10(13,14)9-5-3-2-4-6-9/h2-6,13-14H,7H2,1H3,(H,11,12). The van der Waals surface area contributed by atoms with E-state index in [2.05, 4.69) is 5.32 Å². The molecule has 0 bridgehead atoms. The van der Waals surface area contributed by atoms with Gasteiger partial charge in [-0.1, -0.05) is 30.3 Å². The third-order valence-corrected chi connectivity index (χ3v) is 1.82. The zero-order chi connectivity index (χ0) is 10.6. The van der Waals surface area contributed by atoms with Crippen molar-refractivity contribution in [1.82, 2.24) is 5.32 Å². The fraction of sp³-hybridized carbons (Fsp3) is 0.300. The summed E-state index contributed by atoms with van der Waals surface area (Å²) in [5.41, 5.74) is 0.355. The van der Waals surface area contributed by atoms with Gasteiger partial charge in [-0.25, -0.2) is 0 Å². The van der Waals surface area contributed by atoms with Crippen molar-refractivity contribution in [1.29, 1.82) is 0 Å². The normalized spacial score (nSPS) is 11.1. The van der Waals surface area contributed by atoms with Crippen molar-refractivity contribution in [2.75, 3.05) is 6.54 Å². The lowest BCUT2D eigenvalue weighted by Gasteiger charge is -2.22. The molecule has 0 saturated carbocycles. The predicted octanol–water partition coefficient (Wildman–Crippen LogP) is -0.0399. The molecule has 0 atom stereocenters. The SMILES string of the molecule is CC(=O)NCC(O)(O)c1ccccc1. The van der Waals surface area contributed by atoms with Gasteiger partial charge in [0, 0.05) is 12.5 Å². The Balaban J connectivity index is 2.70. The van der Waals surface area contributed by atoms with E-state index < -0.39 is 5.79 Å². The molecule has 1 amide bonds. The molecule has 0 radical (unpaired) electrons. The summed E-state index contributed by atoms with van der Waals surface area (Å²) in [4.78, 5) is 10.6. The second-order valence-corrected chi connectivity index (χ2v) is 3.09. The molecule has 14 heavy (non-hydrogen) atoms. The monoisotopic (exact) mass is 195 g/mol. The van der Waals surface area contributed by atoms with Crippen LogP contribution in [0, 0.1) is 0 Å². The first-order valence-corrected chi connectivity index (χ1v) is 4.27. The first-order valence-electron chi connectivity index (χ1n) is 4.27. The van der Waals surface area contributed by atoms with Crippen LogP contribution in [0.5, 0.6) is 0 Å². The molecule has 0 spiro atoms. The number of nitrogens with one attached hydrogen (secondary N) is 1. The Morgan fingerprint density at radius 2 is 1.93 bits per heavy atom. The molecular weight excluding hydrogens is 182 g/mol. The molecule has 0 fully saturated rings. The van der Waals surface area contributed by atoms with E-state index in [9.17, 15) is 15.0 Å². The third kappa shape index (κ3) is 2.83. The summed E-state index contributed by atoms with van der Waals surface area (Å²) >= 11 is 0. The van der Waals surface area contributed by atoms with E-state index in [1.54, 1.807) is 30.3 Å². The Bertz CT molecular complexity index is 308. The van der Waals surface area contributed by atoms with Crippen LogP contribution in [0.2, 0.25) is 0 Å². The van der Waals surface area contributed by atoms with Crippen LogP contribution in [0.4, 0.5) is 0 Å². The summed E-state index contributed by atoms with van der Waals surface area (Å²) in [6.07, 6.45) is 0. The highest BCUT2D eigenvalue weighted by Gasteiger charge is 2.25. The van der Waals surface area contributed by atoms with E-state index in [0.29, 0.717) is 5.56 Å². The maximum Gasteiger partial charge on any atom is 0.217 e. The highest BCUT2D eigenvalue weighted by molar-refractivity contribution is 5.72. The number of aliphatic hydroxyl groups is 2. The number of hydrogen-bond acceptors (Lipinski definition) is 3. The van der Waals surface area contributed by atoms with Gasteiger partial charge in [0.05, 0.1) is 6.54 Å². The van der Waals surface area contributed by atoms with Crippen LogP contribution < -0.4 is 5.32 Å². The average Bonchev–Trinajstić information content (AvgIpc) is 2.16. The van der Waals surface area contributed by atoms with Crippen molar-refractivity contribution < 1.29 is 15.0 Å². The van der Waals surface area contributed by atoms with Gasteiger partial charge in [0.15, 0.2) is 0 Å². The molecule has 1 aromatic carbocycles. The van der Waals surface area contributed by atoms with Gasteiger partial charge >= 0.3 is 0 Å². The Labute approximate surface area is 82.2 Å². The van der Waals surface area contributed by atoms with Crippen LogP contribution in [-0.4, -0.2) is 22.7 Å². The zero-order valence-corrected chi connectivity index (χ0v) is 7.90. The highest BCUT2D eigenvalue weighted by Crippen LogP contribution is 2.15. The van der Waals surface area contributed by atoms with Gasteiger partial charge in [0.25, 0.3) is 0 Å². The molecule has 1 rings (SSSR count). The topological polar surface area (TPSA) is 69.6 Å². The second kappa shape index (κ2) is 4.21. The number of carbonyl (C=O) groups is 1. The molecule has 4 heteroatoms. The number of benzene rings is 1. The van der Waals surface area contributed by atoms with Crippen LogP contribution in [0.25, 0.3) is 0 Å². The molecular formula is C10H13NO3. The van der Waals surface area contributed by atoms with Gasteiger partial charge in [-0.2, -0.15) is 0 Å². The Kier molecular flexibility index (Phi) is 3.22. The van der Waals surface area contributed by atoms with Crippen molar-refractivity contribution in [3.8, 4) is 0 Å². The number of rotatable bonds is 3. The lowest BCUT2D eigenvalue weighted by Crippen LogP contribution is -2.39. The predicted molar refractivity (Wildman–Crippen MR) is 51.2 cm³/mol. The third-order valence-electron chi connectivity index (χ3n) is 1.82. The zero-order valence-electron chi connectivity index (χ0n) is 7.90. The Morgan fingerprint density at radius 1 is 1.36 bits per heavy atom. The molecule has 1 aromatic rings. The van der Waals surface area contributed by atoms with Crippen LogP contribution in [0.15, 0.2) is 30.3 Å². The highest BCUT2D eigenvalue weighted by atomic mass is 16.5. The molecule has 0 saturated heterocycles. The minimum absolute atomic E-state index is 0.216. The van der Waals surface area contributed by atoms with Gasteiger partial charge in [-0.05, 0) is 0 Å². The van der Waals surface area contributed by atoms with Crippen LogP contribution in [0.1, 0.15) is 12.5 Å². The van der Waals surface area contributed by atoms with E-state index in [-0.39, 0.29) is 12.5 Å². The molecule has 0 heterocycles. The molecule has 0 aliphatic heterocycles. The van der Waals surface area contributed by atoms with E-state index in [1.165, 1.54) is 6.92 Å². The lowest BCUT2D eigenvalue weighted by molar-refractivity contribution is -0.167. The van der Waals surface area contributed by atoms with E-state index in [0.717, 1.165) is 0 Å². The minimum atomic E-state index is -2.01. The van der Waals surface area contributed by atoms with Gasteiger partial charge in [-0.3, -0.25) is 4.79 Å². The van der Waals surface area contributed by atoms with E-state index in [1.807, 2.05) is 0 Å². The van der Waals surface area contributed by atoms with Crippen LogP contribution in [-0.2, 0) is 10.6 Å². The minimum Gasteiger partial charge on any atom is -0.361 e. The Hall–Kier alpha value is -1.39. The average molecular weight is 195 g/mol. The van der Waals surface area contributed by atoms with Crippen molar-refractivity contribution in [3.05, 3.63) is 35.9 Å². The summed E-state index contributed by atoms with van der Waals surface area (Å²) < 4.78 is 0. The maximum absolute atomic E-state index is 10.6. The summed E-state index contributed by atoms with van der Waals surface area (Å²) in [5, 5.41) is 21.5. The lowest BCUT2D eigenvalue weighted by atomic mass is 10.1. The molecule has 0 aromatic heterocycles. The van der Waals surface area contributed by atoms with Crippen LogP contribution in [0.3, 0.4) is 0 Å². The van der Waals surface area contributed by atoms with Gasteiger partial charge in [0.2, 0.25) is 11.7 Å². The molecule has 3 N–H and O–H groups in total. The summed E-state index contributed by atoms with van der Waals surface area (Å²) in [6, 6.07) is 8.34. The summed E-state index contributed by atoms with van der Waals surface area (Å²) in [7, 11) is 0. The van der Waals surface area contributed by atoms with Crippen molar-refractivity contribution in [2.24, 2.45) is 0 Å². The first kappa shape index (κ1) is 10.7. The summed E-state index contributed by atoms with van der Waals surface area (Å²) in [6.45, 7) is 1.10. The molecule has 4 nitrogen and oxygen atoms in total. The maximum atomic E-state index is 10.6. The first-order chi connectivity index (χ1) is 6.52. The molecule has 76 valence electrons. The van der Waals surface area contributed by atoms with E-state index >= 15 is 0 Å². The Morgan fingerprint density at radius 3 is 2.43 bits per heavy atom. The molecule has 0 aliphatic carbocycles. The fourth-order valence-corrected chi connectivity index (χ4v) is 1.05. The van der Waals surface area contributed by atoms with Crippen LogP contribution >= 0.6 is 0 Å². The summed E-state index contributed by atoms with van der Waals surface area (Å²) in [5.74, 6) is -2.30. The van der Waals surface area contributed by atoms with Crippen molar-refractivity contribution in [3.63, 3.8) is 0 Å². The quantitative estimate of drug-likeness (QED) is 0.593. The molecule has 0 aliphatic rings. The number of carbonyl (C=O) groups excluding carboxylic acids is 1. The van der Waals surface area contributed by atoms with Gasteiger partial charge in [-0.15, -0.1) is 0 Å². The van der Waals surface area contributed by atoms with Crippen molar-refractivity contribution >= 4 is 5.91 Å².